The zero-order valence-corrected chi connectivity index (χ0v) is 9.07. The van der Waals surface area contributed by atoms with Crippen molar-refractivity contribution in [2.45, 2.75) is 6.92 Å². The number of likely N-dealkylation sites (N-methyl/N-ethyl adjacent to an activating group) is 1. The average molecular weight is 231 g/mol. The maximum absolute atomic E-state index is 13.0. The van der Waals surface area contributed by atoms with Gasteiger partial charge in [0, 0.05) is 7.05 Å². The fourth-order valence-electron chi connectivity index (χ4n) is 0.871. The van der Waals surface area contributed by atoms with Gasteiger partial charge in [-0.25, -0.2) is 4.98 Å². The summed E-state index contributed by atoms with van der Waals surface area (Å²) in [5.41, 5.74) is 0. The summed E-state index contributed by atoms with van der Waals surface area (Å²) in [7, 11) is 1.45. The van der Waals surface area contributed by atoms with Crippen molar-refractivity contribution in [2.24, 2.45) is 0 Å². The zero-order chi connectivity index (χ0) is 11.4. The third-order valence-electron chi connectivity index (χ3n) is 1.59. The molecular formula is C8H10FN3O2S. The number of halogens is 1. The molecule has 0 saturated heterocycles. The number of aryl methyl sites for hydroxylation is 1. The third-order valence-corrected chi connectivity index (χ3v) is 2.53. The lowest BCUT2D eigenvalue weighted by molar-refractivity contribution is -0.119. The highest BCUT2D eigenvalue weighted by Crippen LogP contribution is 2.15. The van der Waals surface area contributed by atoms with Gasteiger partial charge in [0.25, 0.3) is 5.91 Å². The molecule has 0 radical (unpaired) electrons. The highest BCUT2D eigenvalue weighted by atomic mass is 32.1. The van der Waals surface area contributed by atoms with Gasteiger partial charge in [-0.2, -0.15) is 4.39 Å². The van der Waals surface area contributed by atoms with Gasteiger partial charge in [-0.15, -0.1) is 11.3 Å². The van der Waals surface area contributed by atoms with E-state index in [0.717, 1.165) is 11.3 Å². The molecule has 0 unspecified atom stereocenters. The van der Waals surface area contributed by atoms with E-state index in [1.807, 2.05) is 0 Å². The Labute approximate surface area is 89.7 Å². The van der Waals surface area contributed by atoms with Gasteiger partial charge in [-0.1, -0.05) is 0 Å². The van der Waals surface area contributed by atoms with Crippen LogP contribution in [0.25, 0.3) is 0 Å². The van der Waals surface area contributed by atoms with Gasteiger partial charge in [0.2, 0.25) is 11.9 Å². The molecule has 1 rings (SSSR count). The fourth-order valence-corrected chi connectivity index (χ4v) is 1.59. The molecule has 0 aliphatic carbocycles. The number of hydrogen-bond acceptors (Lipinski definition) is 4. The van der Waals surface area contributed by atoms with Crippen molar-refractivity contribution in [1.29, 1.82) is 0 Å². The predicted molar refractivity (Wildman–Crippen MR) is 53.2 cm³/mol. The van der Waals surface area contributed by atoms with Gasteiger partial charge in [0.05, 0.1) is 11.6 Å². The number of thiazole rings is 1. The van der Waals surface area contributed by atoms with Crippen LogP contribution in [0.5, 0.6) is 0 Å². The molecule has 0 spiro atoms. The van der Waals surface area contributed by atoms with Gasteiger partial charge in [0.1, 0.15) is 4.88 Å². The molecule has 0 bridgehead atoms. The molecule has 0 aliphatic rings. The van der Waals surface area contributed by atoms with Crippen LogP contribution in [0.1, 0.15) is 14.7 Å². The Balaban J connectivity index is 2.61. The molecular weight excluding hydrogens is 221 g/mol. The maximum Gasteiger partial charge on any atom is 0.266 e. The molecule has 1 aromatic rings. The summed E-state index contributed by atoms with van der Waals surface area (Å²) in [6.07, 6.45) is 0. The highest BCUT2D eigenvalue weighted by molar-refractivity contribution is 7.13. The van der Waals surface area contributed by atoms with E-state index in [9.17, 15) is 14.0 Å². The number of carbonyl (C=O) groups is 2. The van der Waals surface area contributed by atoms with Gasteiger partial charge < -0.3 is 10.6 Å². The predicted octanol–water partition coefficient (Wildman–Crippen LogP) is 0.0664. The minimum Gasteiger partial charge on any atom is -0.358 e. The number of nitrogens with one attached hydrogen (secondary N) is 2. The van der Waals surface area contributed by atoms with Crippen molar-refractivity contribution in [2.75, 3.05) is 13.6 Å². The molecule has 2 N–H and O–H groups in total. The van der Waals surface area contributed by atoms with Crippen molar-refractivity contribution in [1.82, 2.24) is 15.6 Å². The normalized spacial score (nSPS) is 9.80. The van der Waals surface area contributed by atoms with Gasteiger partial charge in [-0.3, -0.25) is 9.59 Å². The monoisotopic (exact) mass is 231 g/mol. The number of amides is 2. The second-order valence-corrected chi connectivity index (χ2v) is 3.91. The topological polar surface area (TPSA) is 71.1 Å². The van der Waals surface area contributed by atoms with E-state index in [1.165, 1.54) is 7.05 Å². The van der Waals surface area contributed by atoms with E-state index in [4.69, 9.17) is 0 Å². The Morgan fingerprint density at radius 1 is 1.53 bits per heavy atom. The summed E-state index contributed by atoms with van der Waals surface area (Å²) in [5.74, 6) is -1.77. The number of aromatic nitrogens is 1. The minimum atomic E-state index is -0.799. The Morgan fingerprint density at radius 2 is 2.20 bits per heavy atom. The Bertz CT molecular complexity index is 391. The lowest BCUT2D eigenvalue weighted by Crippen LogP contribution is -2.35. The Hall–Kier alpha value is -1.50. The second kappa shape index (κ2) is 4.83. The van der Waals surface area contributed by atoms with Crippen molar-refractivity contribution in [3.05, 3.63) is 15.8 Å². The van der Waals surface area contributed by atoms with E-state index in [0.29, 0.717) is 5.01 Å². The summed E-state index contributed by atoms with van der Waals surface area (Å²) in [6, 6.07) is 0. The summed E-state index contributed by atoms with van der Waals surface area (Å²) in [6.45, 7) is 1.43. The Morgan fingerprint density at radius 3 is 2.67 bits per heavy atom. The molecule has 5 nitrogen and oxygen atoms in total. The van der Waals surface area contributed by atoms with Crippen LogP contribution in [-0.4, -0.2) is 30.4 Å². The van der Waals surface area contributed by atoms with Crippen molar-refractivity contribution < 1.29 is 14.0 Å². The summed E-state index contributed by atoms with van der Waals surface area (Å²) in [5, 5.41) is 5.09. The van der Waals surface area contributed by atoms with Crippen LogP contribution in [0.3, 0.4) is 0 Å². The molecule has 1 aromatic heterocycles. The lowest BCUT2D eigenvalue weighted by Gasteiger charge is -2.01. The van der Waals surface area contributed by atoms with Crippen molar-refractivity contribution in [3.8, 4) is 0 Å². The largest absolute Gasteiger partial charge is 0.358 e. The van der Waals surface area contributed by atoms with Crippen molar-refractivity contribution >= 4 is 23.2 Å². The van der Waals surface area contributed by atoms with E-state index in [-0.39, 0.29) is 17.3 Å². The average Bonchev–Trinajstić information content (AvgIpc) is 2.53. The number of rotatable bonds is 3. The number of carbonyl (C=O) groups excluding carboxylic acids is 2. The molecule has 82 valence electrons. The van der Waals surface area contributed by atoms with E-state index >= 15 is 0 Å². The molecule has 0 aliphatic heterocycles. The smallest absolute Gasteiger partial charge is 0.266 e. The van der Waals surface area contributed by atoms with Crippen LogP contribution in [0.4, 0.5) is 4.39 Å². The highest BCUT2D eigenvalue weighted by Gasteiger charge is 2.16. The van der Waals surface area contributed by atoms with E-state index < -0.39 is 11.9 Å². The van der Waals surface area contributed by atoms with Crippen LogP contribution in [0, 0.1) is 12.9 Å². The molecule has 0 atom stereocenters. The number of hydrogen-bond donors (Lipinski definition) is 2. The maximum atomic E-state index is 13.0. The standard InChI is InChI=1S/C8H10FN3O2S/c1-4-12-7(9)6(15-4)8(14)11-3-5(13)10-2/h3H2,1-2H3,(H,10,13)(H,11,14). The zero-order valence-electron chi connectivity index (χ0n) is 8.26. The fraction of sp³-hybridized carbons (Fsp3) is 0.375. The van der Waals surface area contributed by atoms with Crippen LogP contribution in [0.15, 0.2) is 0 Å². The minimum absolute atomic E-state index is 0.101. The second-order valence-electron chi connectivity index (χ2n) is 2.71. The van der Waals surface area contributed by atoms with Crippen LogP contribution in [0.2, 0.25) is 0 Å². The molecule has 1 heterocycles. The first kappa shape index (κ1) is 11.6. The lowest BCUT2D eigenvalue weighted by atomic mass is 10.4. The Kier molecular flexibility index (Phi) is 3.73. The van der Waals surface area contributed by atoms with E-state index in [1.54, 1.807) is 6.92 Å². The van der Waals surface area contributed by atoms with E-state index in [2.05, 4.69) is 15.6 Å². The quantitative estimate of drug-likeness (QED) is 0.773. The van der Waals surface area contributed by atoms with Crippen molar-refractivity contribution in [3.63, 3.8) is 0 Å². The molecule has 7 heteroatoms. The molecule has 15 heavy (non-hydrogen) atoms. The van der Waals surface area contributed by atoms with Crippen LogP contribution in [-0.2, 0) is 4.79 Å². The van der Waals surface area contributed by atoms with Gasteiger partial charge in [-0.05, 0) is 6.92 Å². The van der Waals surface area contributed by atoms with Gasteiger partial charge in [0.15, 0.2) is 0 Å². The van der Waals surface area contributed by atoms with Crippen LogP contribution >= 0.6 is 11.3 Å². The third kappa shape index (κ3) is 2.98. The SMILES string of the molecule is CNC(=O)CNC(=O)c1sc(C)nc1F. The van der Waals surface area contributed by atoms with Gasteiger partial charge >= 0.3 is 0 Å². The first-order valence-electron chi connectivity index (χ1n) is 4.16. The first-order chi connectivity index (χ1) is 7.04. The molecule has 0 aromatic carbocycles. The summed E-state index contributed by atoms with van der Waals surface area (Å²) >= 11 is 0.952. The summed E-state index contributed by atoms with van der Waals surface area (Å²) in [4.78, 5) is 25.5. The molecule has 0 fully saturated rings. The molecule has 0 saturated carbocycles. The molecule has 2 amide bonds. The first-order valence-corrected chi connectivity index (χ1v) is 4.98. The van der Waals surface area contributed by atoms with Crippen LogP contribution < -0.4 is 10.6 Å². The number of nitrogens with zero attached hydrogens (tertiary/aromatic N) is 1. The summed E-state index contributed by atoms with van der Waals surface area (Å²) < 4.78 is 13.0.